The molecule has 257 valence electrons. The Hall–Kier alpha value is -2.74. The SMILES string of the molecule is COc1c(C)cnc([C@@H](n2cccn2)C(C)(C)O)c1C.COc1c(C)cnc([C@H](n2cccn2)C(C)(C)O)c1C.O.O.[Cl-].[Cl-].[Cu+2]. The van der Waals surface area contributed by atoms with Crippen LogP contribution >= 0.6 is 0 Å². The number of halogens is 2. The molecule has 4 aromatic heterocycles. The standard InChI is InChI=1S/2C15H21N3O2.2ClH.Cu.2H2O/c2*1-10-9-16-12(11(2)13(10)20-5)14(15(3,4)19)18-8-6-7-17-18;;;;;/h2*6-9,14,19H,1-5H3;2*1H;;2*1H2/q;;;;+2;;/p-2/t2*14-;;;;;/m10...../s1. The van der Waals surface area contributed by atoms with Crippen LogP contribution < -0.4 is 34.3 Å². The van der Waals surface area contributed by atoms with E-state index < -0.39 is 11.2 Å². The quantitative estimate of drug-likeness (QED) is 0.179. The van der Waals surface area contributed by atoms with Crippen LogP contribution in [0.5, 0.6) is 11.5 Å². The van der Waals surface area contributed by atoms with Gasteiger partial charge in [-0.15, -0.1) is 0 Å². The Morgan fingerprint density at radius 3 is 1.20 bits per heavy atom. The number of methoxy groups -OCH3 is 2. The number of nitrogens with zero attached hydrogens (tertiary/aromatic N) is 6. The van der Waals surface area contributed by atoms with Crippen molar-refractivity contribution in [2.24, 2.45) is 0 Å². The largest absolute Gasteiger partial charge is 2.00 e. The number of pyridine rings is 2. The van der Waals surface area contributed by atoms with Gasteiger partial charge in [0.15, 0.2) is 0 Å². The fourth-order valence-electron chi connectivity index (χ4n) is 5.08. The first-order valence-electron chi connectivity index (χ1n) is 13.2. The van der Waals surface area contributed by atoms with Gasteiger partial charge in [-0.05, 0) is 67.5 Å². The van der Waals surface area contributed by atoms with E-state index in [0.29, 0.717) is 0 Å². The van der Waals surface area contributed by atoms with E-state index in [0.717, 1.165) is 45.1 Å². The van der Waals surface area contributed by atoms with Gasteiger partial charge in [0.25, 0.3) is 0 Å². The van der Waals surface area contributed by atoms with Crippen LogP contribution in [0.3, 0.4) is 0 Å². The van der Waals surface area contributed by atoms with E-state index in [2.05, 4.69) is 20.2 Å². The van der Waals surface area contributed by atoms with Crippen molar-refractivity contribution < 1.29 is 72.5 Å². The van der Waals surface area contributed by atoms with Gasteiger partial charge in [-0.25, -0.2) is 0 Å². The molecule has 12 nitrogen and oxygen atoms in total. The third-order valence-corrected chi connectivity index (χ3v) is 6.80. The van der Waals surface area contributed by atoms with Crippen LogP contribution in [0, 0.1) is 27.7 Å². The second-order valence-corrected chi connectivity index (χ2v) is 11.1. The van der Waals surface area contributed by atoms with Crippen molar-refractivity contribution in [1.29, 1.82) is 0 Å². The van der Waals surface area contributed by atoms with Gasteiger partial charge in [0.1, 0.15) is 23.6 Å². The molecule has 0 saturated heterocycles. The van der Waals surface area contributed by atoms with Crippen molar-refractivity contribution in [1.82, 2.24) is 29.5 Å². The molecule has 0 aliphatic rings. The van der Waals surface area contributed by atoms with Crippen molar-refractivity contribution in [3.8, 4) is 11.5 Å². The molecule has 15 heteroatoms. The number of ether oxygens (including phenoxy) is 2. The summed E-state index contributed by atoms with van der Waals surface area (Å²) in [5.41, 5.74) is 3.35. The van der Waals surface area contributed by atoms with Gasteiger partial charge >= 0.3 is 17.1 Å². The van der Waals surface area contributed by atoms with Crippen LogP contribution in [-0.4, -0.2) is 76.1 Å². The van der Waals surface area contributed by atoms with Crippen molar-refractivity contribution in [2.75, 3.05) is 14.2 Å². The van der Waals surface area contributed by atoms with Crippen LogP contribution in [0.4, 0.5) is 0 Å². The Balaban J connectivity index is -0.000000706. The maximum Gasteiger partial charge on any atom is 2.00 e. The first-order valence-corrected chi connectivity index (χ1v) is 13.2. The summed E-state index contributed by atoms with van der Waals surface area (Å²) in [6.45, 7) is 14.8. The number of hydrogen-bond acceptors (Lipinski definition) is 8. The van der Waals surface area contributed by atoms with E-state index in [1.54, 1.807) is 76.1 Å². The molecule has 6 N–H and O–H groups in total. The summed E-state index contributed by atoms with van der Waals surface area (Å²) in [4.78, 5) is 9.02. The van der Waals surface area contributed by atoms with Gasteiger partial charge in [0.2, 0.25) is 0 Å². The average molecular weight is 721 g/mol. The third kappa shape index (κ3) is 10.7. The smallest absolute Gasteiger partial charge is 1.00 e. The zero-order valence-corrected chi connectivity index (χ0v) is 29.7. The number of aryl methyl sites for hydroxylation is 2. The topological polar surface area (TPSA) is 183 Å². The molecule has 4 heterocycles. The molecule has 0 saturated carbocycles. The molecule has 4 aromatic rings. The molecule has 0 amide bonds. The summed E-state index contributed by atoms with van der Waals surface area (Å²) in [5.74, 6) is 1.60. The minimum Gasteiger partial charge on any atom is -1.00 e. The Morgan fingerprint density at radius 2 is 0.978 bits per heavy atom. The van der Waals surface area contributed by atoms with E-state index >= 15 is 0 Å². The van der Waals surface area contributed by atoms with Crippen molar-refractivity contribution in [3.63, 3.8) is 0 Å². The fourth-order valence-corrected chi connectivity index (χ4v) is 5.08. The molecule has 45 heavy (non-hydrogen) atoms. The number of rotatable bonds is 8. The molecule has 2 atom stereocenters. The van der Waals surface area contributed by atoms with Gasteiger partial charge < -0.3 is 55.5 Å². The van der Waals surface area contributed by atoms with E-state index in [-0.39, 0.29) is 64.9 Å². The Morgan fingerprint density at radius 1 is 0.667 bits per heavy atom. The molecule has 0 aliphatic carbocycles. The molecular weight excluding hydrogens is 675 g/mol. The van der Waals surface area contributed by atoms with E-state index in [9.17, 15) is 10.2 Å². The predicted octanol–water partition coefficient (Wildman–Crippen LogP) is -3.12. The first-order chi connectivity index (χ1) is 18.7. The molecule has 0 spiro atoms. The van der Waals surface area contributed by atoms with Gasteiger partial charge in [-0.2, -0.15) is 10.2 Å². The van der Waals surface area contributed by atoms with Crippen LogP contribution in [-0.2, 0) is 17.1 Å². The zero-order chi connectivity index (χ0) is 29.8. The van der Waals surface area contributed by atoms with E-state index in [1.165, 1.54) is 0 Å². The Labute approximate surface area is 288 Å². The minimum atomic E-state index is -0.996. The Bertz CT molecular complexity index is 1300. The maximum atomic E-state index is 10.5. The molecular formula is C30H46Cl2CuN6O6. The van der Waals surface area contributed by atoms with Crippen LogP contribution in [0.1, 0.15) is 73.4 Å². The molecule has 0 bridgehead atoms. The van der Waals surface area contributed by atoms with Crippen molar-refractivity contribution in [2.45, 2.75) is 78.7 Å². The molecule has 1 radical (unpaired) electrons. The van der Waals surface area contributed by atoms with Gasteiger partial charge in [0.05, 0.1) is 36.8 Å². The Kier molecular flexibility index (Phi) is 19.8. The monoisotopic (exact) mass is 719 g/mol. The summed E-state index contributed by atoms with van der Waals surface area (Å²) in [5, 5.41) is 29.5. The fraction of sp³-hybridized carbons (Fsp3) is 0.467. The van der Waals surface area contributed by atoms with Crippen LogP contribution in [0.25, 0.3) is 0 Å². The van der Waals surface area contributed by atoms with Gasteiger partial charge in [-0.1, -0.05) is 0 Å². The molecule has 4 rings (SSSR count). The van der Waals surface area contributed by atoms with Gasteiger partial charge in [-0.3, -0.25) is 19.3 Å². The number of aliphatic hydroxyl groups is 2. The normalized spacial score (nSPS) is 11.8. The van der Waals surface area contributed by atoms with E-state index in [4.69, 9.17) is 9.47 Å². The maximum absolute atomic E-state index is 10.5. The third-order valence-electron chi connectivity index (χ3n) is 6.80. The minimum absolute atomic E-state index is 0. The van der Waals surface area contributed by atoms with Gasteiger partial charge in [0, 0.05) is 59.4 Å². The average Bonchev–Trinajstić information content (AvgIpc) is 3.57. The summed E-state index contributed by atoms with van der Waals surface area (Å²) < 4.78 is 14.3. The van der Waals surface area contributed by atoms with E-state index in [1.807, 2.05) is 52.2 Å². The van der Waals surface area contributed by atoms with Crippen LogP contribution in [0.2, 0.25) is 0 Å². The molecule has 0 unspecified atom stereocenters. The summed E-state index contributed by atoms with van der Waals surface area (Å²) in [6, 6.07) is 2.93. The summed E-state index contributed by atoms with van der Waals surface area (Å²) >= 11 is 0. The molecule has 0 aliphatic heterocycles. The van der Waals surface area contributed by atoms with Crippen molar-refractivity contribution in [3.05, 3.63) is 83.0 Å². The second kappa shape index (κ2) is 19.0. The summed E-state index contributed by atoms with van der Waals surface area (Å²) in [7, 11) is 3.29. The predicted molar refractivity (Wildman–Crippen MR) is 161 cm³/mol. The number of hydrogen-bond donors (Lipinski definition) is 2. The summed E-state index contributed by atoms with van der Waals surface area (Å²) in [6.07, 6.45) is 10.6. The van der Waals surface area contributed by atoms with Crippen LogP contribution in [0.15, 0.2) is 49.3 Å². The molecule has 0 fully saturated rings. The second-order valence-electron chi connectivity index (χ2n) is 11.1. The first kappa shape index (κ1) is 46.7. The van der Waals surface area contributed by atoms with Crippen molar-refractivity contribution >= 4 is 0 Å². The zero-order valence-electron chi connectivity index (χ0n) is 27.2. The number of aromatic nitrogens is 6. The molecule has 0 aromatic carbocycles.